The molecule has 0 aromatic carbocycles. The van der Waals surface area contributed by atoms with E-state index in [4.69, 9.17) is 9.84 Å². The van der Waals surface area contributed by atoms with Crippen molar-refractivity contribution >= 4 is 5.97 Å². The van der Waals surface area contributed by atoms with E-state index in [0.29, 0.717) is 19.6 Å². The maximum atomic E-state index is 10.9. The number of ether oxygens (including phenoxy) is 1. The van der Waals surface area contributed by atoms with Gasteiger partial charge in [-0.2, -0.15) is 0 Å². The number of carbonyl (C=O) groups is 1. The molecule has 0 saturated carbocycles. The molecule has 5 heteroatoms. The van der Waals surface area contributed by atoms with E-state index in [1.165, 1.54) is 0 Å². The first kappa shape index (κ1) is 13.7. The number of hydrogen-bond donors (Lipinski definition) is 1. The molecule has 1 rings (SSSR count). The molecule has 0 fully saturated rings. The van der Waals surface area contributed by atoms with Gasteiger partial charge in [0.1, 0.15) is 5.82 Å². The highest BCUT2D eigenvalue weighted by molar-refractivity contribution is 5.72. The highest BCUT2D eigenvalue weighted by atomic mass is 16.5. The number of aliphatic carboxylic acids is 1. The molecule has 1 heterocycles. The van der Waals surface area contributed by atoms with Crippen LogP contribution in [0.5, 0.6) is 0 Å². The molecule has 96 valence electrons. The van der Waals surface area contributed by atoms with Crippen LogP contribution in [0.3, 0.4) is 0 Å². The second kappa shape index (κ2) is 7.06. The Hall–Kier alpha value is -1.36. The highest BCUT2D eigenvalue weighted by Crippen LogP contribution is 2.06. The second-order valence-corrected chi connectivity index (χ2v) is 3.86. The third-order valence-corrected chi connectivity index (χ3v) is 2.55. The smallest absolute Gasteiger partial charge is 0.332 e. The monoisotopic (exact) mass is 240 g/mol. The average molecular weight is 240 g/mol. The summed E-state index contributed by atoms with van der Waals surface area (Å²) in [6.45, 7) is 4.95. The minimum atomic E-state index is -0.899. The first-order valence-corrected chi connectivity index (χ1v) is 6.03. The fourth-order valence-corrected chi connectivity index (χ4v) is 1.73. The molecule has 0 bridgehead atoms. The molecule has 5 nitrogen and oxygen atoms in total. The molecule has 0 spiro atoms. The topological polar surface area (TPSA) is 64.4 Å². The van der Waals surface area contributed by atoms with Gasteiger partial charge in [0.05, 0.1) is 0 Å². The molecule has 1 atom stereocenters. The van der Waals surface area contributed by atoms with E-state index in [2.05, 4.69) is 11.9 Å². The van der Waals surface area contributed by atoms with Gasteiger partial charge in [-0.1, -0.05) is 6.92 Å². The standard InChI is InChI=1S/C12H20N2O3/c1-3-5-11-13-7-9-14(11)8-6-10(12(15)16)17-4-2/h7,9-10H,3-6,8H2,1-2H3,(H,15,16). The van der Waals surface area contributed by atoms with Gasteiger partial charge in [0, 0.05) is 38.4 Å². The van der Waals surface area contributed by atoms with E-state index in [1.807, 2.05) is 10.8 Å². The Morgan fingerprint density at radius 3 is 2.94 bits per heavy atom. The van der Waals surface area contributed by atoms with Crippen molar-refractivity contribution in [1.82, 2.24) is 9.55 Å². The lowest BCUT2D eigenvalue weighted by Crippen LogP contribution is -2.25. The van der Waals surface area contributed by atoms with Crippen molar-refractivity contribution in [2.75, 3.05) is 6.61 Å². The van der Waals surface area contributed by atoms with Gasteiger partial charge in [-0.25, -0.2) is 9.78 Å². The molecule has 0 saturated heterocycles. The van der Waals surface area contributed by atoms with Crippen molar-refractivity contribution in [2.24, 2.45) is 0 Å². The number of carboxylic acid groups (broad SMARTS) is 1. The molecule has 1 aromatic rings. The molecule has 1 N–H and O–H groups in total. The van der Waals surface area contributed by atoms with Crippen LogP contribution in [-0.4, -0.2) is 33.3 Å². The Kier molecular flexibility index (Phi) is 5.69. The summed E-state index contributed by atoms with van der Waals surface area (Å²) in [5.74, 6) is 0.108. The van der Waals surface area contributed by atoms with E-state index in [9.17, 15) is 4.79 Å². The van der Waals surface area contributed by atoms with Crippen molar-refractivity contribution in [3.63, 3.8) is 0 Å². The van der Waals surface area contributed by atoms with Crippen molar-refractivity contribution in [3.05, 3.63) is 18.2 Å². The number of hydrogen-bond acceptors (Lipinski definition) is 3. The summed E-state index contributed by atoms with van der Waals surface area (Å²) in [7, 11) is 0. The normalized spacial score (nSPS) is 12.6. The average Bonchev–Trinajstić information content (AvgIpc) is 2.72. The summed E-state index contributed by atoms with van der Waals surface area (Å²) in [5, 5.41) is 8.96. The van der Waals surface area contributed by atoms with Gasteiger partial charge in [-0.05, 0) is 13.3 Å². The number of imidazole rings is 1. The van der Waals surface area contributed by atoms with Crippen LogP contribution in [-0.2, 0) is 22.5 Å². The lowest BCUT2D eigenvalue weighted by Gasteiger charge is -2.13. The predicted molar refractivity (Wildman–Crippen MR) is 63.9 cm³/mol. The van der Waals surface area contributed by atoms with E-state index < -0.39 is 12.1 Å². The van der Waals surface area contributed by atoms with E-state index in [1.54, 1.807) is 13.1 Å². The van der Waals surface area contributed by atoms with E-state index >= 15 is 0 Å². The molecule has 0 aliphatic rings. The zero-order valence-electron chi connectivity index (χ0n) is 10.4. The van der Waals surface area contributed by atoms with Crippen LogP contribution in [0.1, 0.15) is 32.5 Å². The fourth-order valence-electron chi connectivity index (χ4n) is 1.73. The number of aryl methyl sites for hydroxylation is 2. The summed E-state index contributed by atoms with van der Waals surface area (Å²) >= 11 is 0. The van der Waals surface area contributed by atoms with Gasteiger partial charge >= 0.3 is 5.97 Å². The minimum absolute atomic E-state index is 0.419. The van der Waals surface area contributed by atoms with Crippen LogP contribution in [0.15, 0.2) is 12.4 Å². The second-order valence-electron chi connectivity index (χ2n) is 3.86. The molecule has 0 radical (unpaired) electrons. The third kappa shape index (κ3) is 4.19. The molecular weight excluding hydrogens is 220 g/mol. The fraction of sp³-hybridized carbons (Fsp3) is 0.667. The zero-order chi connectivity index (χ0) is 12.7. The first-order chi connectivity index (χ1) is 8.19. The molecule has 1 unspecified atom stereocenters. The Labute approximate surface area is 101 Å². The molecule has 0 aliphatic heterocycles. The van der Waals surface area contributed by atoms with Gasteiger partial charge in [0.25, 0.3) is 0 Å². The van der Waals surface area contributed by atoms with Gasteiger partial charge in [-0.3, -0.25) is 0 Å². The summed E-state index contributed by atoms with van der Waals surface area (Å²) in [4.78, 5) is 15.2. The highest BCUT2D eigenvalue weighted by Gasteiger charge is 2.17. The number of nitrogens with zero attached hydrogens (tertiary/aromatic N) is 2. The minimum Gasteiger partial charge on any atom is -0.479 e. The Bertz CT molecular complexity index is 349. The van der Waals surface area contributed by atoms with Gasteiger partial charge in [0.15, 0.2) is 6.10 Å². The summed E-state index contributed by atoms with van der Waals surface area (Å²) in [6, 6.07) is 0. The van der Waals surface area contributed by atoms with Gasteiger partial charge < -0.3 is 14.4 Å². The summed E-state index contributed by atoms with van der Waals surface area (Å²) in [5.41, 5.74) is 0. The Morgan fingerprint density at radius 1 is 1.59 bits per heavy atom. The molecule has 1 aromatic heterocycles. The van der Waals surface area contributed by atoms with Crippen LogP contribution >= 0.6 is 0 Å². The number of carboxylic acids is 1. The summed E-state index contributed by atoms with van der Waals surface area (Å²) < 4.78 is 7.17. The lowest BCUT2D eigenvalue weighted by atomic mass is 10.2. The van der Waals surface area contributed by atoms with E-state index in [0.717, 1.165) is 18.7 Å². The molecule has 0 aliphatic carbocycles. The van der Waals surface area contributed by atoms with E-state index in [-0.39, 0.29) is 0 Å². The van der Waals surface area contributed by atoms with Crippen molar-refractivity contribution in [3.8, 4) is 0 Å². The molecular formula is C12H20N2O3. The lowest BCUT2D eigenvalue weighted by molar-refractivity contribution is -0.150. The Morgan fingerprint density at radius 2 is 2.35 bits per heavy atom. The van der Waals surface area contributed by atoms with Gasteiger partial charge in [0.2, 0.25) is 0 Å². The van der Waals surface area contributed by atoms with Crippen LogP contribution in [0.2, 0.25) is 0 Å². The molecule has 17 heavy (non-hydrogen) atoms. The van der Waals surface area contributed by atoms with Crippen LogP contribution in [0.25, 0.3) is 0 Å². The maximum absolute atomic E-state index is 10.9. The van der Waals surface area contributed by atoms with Crippen LogP contribution in [0, 0.1) is 0 Å². The third-order valence-electron chi connectivity index (χ3n) is 2.55. The first-order valence-electron chi connectivity index (χ1n) is 6.03. The largest absolute Gasteiger partial charge is 0.479 e. The molecule has 0 amide bonds. The Balaban J connectivity index is 2.52. The number of rotatable bonds is 8. The van der Waals surface area contributed by atoms with Crippen molar-refractivity contribution in [2.45, 2.75) is 45.8 Å². The van der Waals surface area contributed by atoms with Crippen molar-refractivity contribution in [1.29, 1.82) is 0 Å². The van der Waals surface area contributed by atoms with Crippen LogP contribution < -0.4 is 0 Å². The van der Waals surface area contributed by atoms with Gasteiger partial charge in [-0.15, -0.1) is 0 Å². The zero-order valence-corrected chi connectivity index (χ0v) is 10.4. The summed E-state index contributed by atoms with van der Waals surface area (Å²) in [6.07, 6.45) is 5.33. The number of aromatic nitrogens is 2. The van der Waals surface area contributed by atoms with Crippen LogP contribution in [0.4, 0.5) is 0 Å². The predicted octanol–water partition coefficient (Wildman–Crippen LogP) is 1.72. The SMILES string of the molecule is CCCc1nccn1CCC(OCC)C(=O)O. The maximum Gasteiger partial charge on any atom is 0.332 e. The quantitative estimate of drug-likeness (QED) is 0.751. The van der Waals surface area contributed by atoms with Crippen molar-refractivity contribution < 1.29 is 14.6 Å².